The largest absolute Gasteiger partial charge is 0.353 e. The second-order valence-electron chi connectivity index (χ2n) is 5.31. The summed E-state index contributed by atoms with van der Waals surface area (Å²) >= 11 is 0. The summed E-state index contributed by atoms with van der Waals surface area (Å²) in [6.07, 6.45) is 9.50. The van der Waals surface area contributed by atoms with Gasteiger partial charge in [0.15, 0.2) is 0 Å². The molecule has 6 heteroatoms. The SMILES string of the molecule is Cl.Cl.NCC1CCCCC1NC(=O)CCc1ccncc1. The Morgan fingerprint density at radius 2 is 1.90 bits per heavy atom. The number of hydrogen-bond donors (Lipinski definition) is 2. The highest BCUT2D eigenvalue weighted by Gasteiger charge is 2.24. The molecule has 1 aromatic heterocycles. The van der Waals surface area contributed by atoms with Gasteiger partial charge in [0.05, 0.1) is 0 Å². The van der Waals surface area contributed by atoms with Crippen molar-refractivity contribution in [2.24, 2.45) is 11.7 Å². The highest BCUT2D eigenvalue weighted by molar-refractivity contribution is 5.85. The number of pyridine rings is 1. The molecule has 0 bridgehead atoms. The predicted molar refractivity (Wildman–Crippen MR) is 90.0 cm³/mol. The zero-order valence-corrected chi connectivity index (χ0v) is 13.8. The lowest BCUT2D eigenvalue weighted by molar-refractivity contribution is -0.122. The lowest BCUT2D eigenvalue weighted by Gasteiger charge is -2.31. The fraction of sp³-hybridized carbons (Fsp3) is 0.600. The van der Waals surface area contributed by atoms with Gasteiger partial charge in [0.25, 0.3) is 0 Å². The minimum absolute atomic E-state index is 0. The number of amides is 1. The lowest BCUT2D eigenvalue weighted by Crippen LogP contribution is -2.44. The van der Waals surface area contributed by atoms with Crippen LogP contribution in [0.4, 0.5) is 0 Å². The third-order valence-corrected chi connectivity index (χ3v) is 3.95. The van der Waals surface area contributed by atoms with Crippen molar-refractivity contribution in [2.75, 3.05) is 6.54 Å². The van der Waals surface area contributed by atoms with Gasteiger partial charge in [0.1, 0.15) is 0 Å². The topological polar surface area (TPSA) is 68.0 Å². The van der Waals surface area contributed by atoms with Crippen LogP contribution in [0.15, 0.2) is 24.5 Å². The van der Waals surface area contributed by atoms with Crippen molar-refractivity contribution in [3.8, 4) is 0 Å². The fourth-order valence-electron chi connectivity index (χ4n) is 2.77. The van der Waals surface area contributed by atoms with Gasteiger partial charge in [-0.2, -0.15) is 0 Å². The van der Waals surface area contributed by atoms with Gasteiger partial charge in [0, 0.05) is 24.9 Å². The van der Waals surface area contributed by atoms with E-state index in [-0.39, 0.29) is 36.8 Å². The second-order valence-corrected chi connectivity index (χ2v) is 5.31. The zero-order valence-electron chi connectivity index (χ0n) is 12.2. The maximum atomic E-state index is 12.0. The molecule has 21 heavy (non-hydrogen) atoms. The monoisotopic (exact) mass is 333 g/mol. The van der Waals surface area contributed by atoms with Gasteiger partial charge in [-0.1, -0.05) is 12.8 Å². The molecule has 2 rings (SSSR count). The van der Waals surface area contributed by atoms with E-state index < -0.39 is 0 Å². The Kier molecular flexibility index (Phi) is 10.4. The molecule has 1 heterocycles. The van der Waals surface area contributed by atoms with E-state index in [1.54, 1.807) is 12.4 Å². The third kappa shape index (κ3) is 6.64. The number of nitrogens with two attached hydrogens (primary N) is 1. The lowest BCUT2D eigenvalue weighted by atomic mass is 9.84. The smallest absolute Gasteiger partial charge is 0.220 e. The van der Waals surface area contributed by atoms with Gasteiger partial charge < -0.3 is 11.1 Å². The summed E-state index contributed by atoms with van der Waals surface area (Å²) in [4.78, 5) is 16.0. The van der Waals surface area contributed by atoms with Crippen molar-refractivity contribution in [3.05, 3.63) is 30.1 Å². The van der Waals surface area contributed by atoms with E-state index >= 15 is 0 Å². The Balaban J connectivity index is 0.00000200. The van der Waals surface area contributed by atoms with Gasteiger partial charge in [0.2, 0.25) is 5.91 Å². The number of halogens is 2. The van der Waals surface area contributed by atoms with E-state index in [1.807, 2.05) is 12.1 Å². The highest BCUT2D eigenvalue weighted by atomic mass is 35.5. The molecule has 4 nitrogen and oxygen atoms in total. The van der Waals surface area contributed by atoms with E-state index in [0.29, 0.717) is 18.9 Å². The molecule has 0 aliphatic heterocycles. The number of aryl methyl sites for hydroxylation is 1. The van der Waals surface area contributed by atoms with Crippen LogP contribution in [0.3, 0.4) is 0 Å². The predicted octanol–water partition coefficient (Wildman–Crippen LogP) is 2.49. The summed E-state index contributed by atoms with van der Waals surface area (Å²) < 4.78 is 0. The average Bonchev–Trinajstić information content (AvgIpc) is 2.47. The number of rotatable bonds is 5. The van der Waals surface area contributed by atoms with Crippen LogP contribution in [-0.4, -0.2) is 23.5 Å². The molecule has 1 fully saturated rings. The minimum atomic E-state index is 0. The molecule has 120 valence electrons. The molecule has 0 spiro atoms. The minimum Gasteiger partial charge on any atom is -0.353 e. The van der Waals surface area contributed by atoms with Crippen molar-refractivity contribution in [1.82, 2.24) is 10.3 Å². The standard InChI is InChI=1S/C15H23N3O.2ClH/c16-11-13-3-1-2-4-14(13)18-15(19)6-5-12-7-9-17-10-8-12;;/h7-10,13-14H,1-6,11,16H2,(H,18,19);2*1H. The van der Waals surface area contributed by atoms with E-state index in [2.05, 4.69) is 10.3 Å². The second kappa shape index (κ2) is 10.8. The molecule has 0 saturated heterocycles. The molecular formula is C15H25Cl2N3O. The molecule has 1 aliphatic carbocycles. The van der Waals surface area contributed by atoms with Gasteiger partial charge >= 0.3 is 0 Å². The molecule has 1 aromatic rings. The van der Waals surface area contributed by atoms with Crippen molar-refractivity contribution in [3.63, 3.8) is 0 Å². The number of carbonyl (C=O) groups is 1. The zero-order chi connectivity index (χ0) is 13.5. The number of nitrogens with zero attached hydrogens (tertiary/aromatic N) is 1. The van der Waals surface area contributed by atoms with Crippen molar-refractivity contribution >= 4 is 30.7 Å². The average molecular weight is 334 g/mol. The van der Waals surface area contributed by atoms with Gasteiger partial charge in [-0.05, 0) is 49.4 Å². The van der Waals surface area contributed by atoms with E-state index in [9.17, 15) is 4.79 Å². The quantitative estimate of drug-likeness (QED) is 0.869. The molecule has 2 unspecified atom stereocenters. The summed E-state index contributed by atoms with van der Waals surface area (Å²) in [7, 11) is 0. The van der Waals surface area contributed by atoms with Crippen LogP contribution in [0.2, 0.25) is 0 Å². The van der Waals surface area contributed by atoms with Gasteiger partial charge in [-0.25, -0.2) is 0 Å². The van der Waals surface area contributed by atoms with Crippen molar-refractivity contribution in [2.45, 2.75) is 44.6 Å². The number of carbonyl (C=O) groups excluding carboxylic acids is 1. The molecule has 0 radical (unpaired) electrons. The number of nitrogens with one attached hydrogen (secondary N) is 1. The Morgan fingerprint density at radius 1 is 1.24 bits per heavy atom. The van der Waals surface area contributed by atoms with Crippen LogP contribution in [0, 0.1) is 5.92 Å². The summed E-state index contributed by atoms with van der Waals surface area (Å²) in [6.45, 7) is 0.676. The molecule has 1 aliphatic rings. The van der Waals surface area contributed by atoms with E-state index in [1.165, 1.54) is 12.8 Å². The Labute approximate surface area is 139 Å². The Hall–Kier alpha value is -0.840. The van der Waals surface area contributed by atoms with Crippen molar-refractivity contribution in [1.29, 1.82) is 0 Å². The molecular weight excluding hydrogens is 309 g/mol. The Morgan fingerprint density at radius 3 is 2.57 bits per heavy atom. The molecule has 2 atom stereocenters. The van der Waals surface area contributed by atoms with Crippen LogP contribution in [0.25, 0.3) is 0 Å². The van der Waals surface area contributed by atoms with Crippen LogP contribution < -0.4 is 11.1 Å². The first-order valence-electron chi connectivity index (χ1n) is 7.18. The number of aromatic nitrogens is 1. The molecule has 1 saturated carbocycles. The van der Waals surface area contributed by atoms with Crippen molar-refractivity contribution < 1.29 is 4.79 Å². The molecule has 3 N–H and O–H groups in total. The van der Waals surface area contributed by atoms with E-state index in [4.69, 9.17) is 5.73 Å². The van der Waals surface area contributed by atoms with Crippen LogP contribution >= 0.6 is 24.8 Å². The highest BCUT2D eigenvalue weighted by Crippen LogP contribution is 2.23. The normalized spacial score (nSPS) is 20.8. The summed E-state index contributed by atoms with van der Waals surface area (Å²) in [6, 6.07) is 4.19. The van der Waals surface area contributed by atoms with Gasteiger partial charge in [-0.3, -0.25) is 9.78 Å². The number of hydrogen-bond acceptors (Lipinski definition) is 3. The van der Waals surface area contributed by atoms with E-state index in [0.717, 1.165) is 24.8 Å². The Bertz CT molecular complexity index is 403. The summed E-state index contributed by atoms with van der Waals surface area (Å²) in [5, 5.41) is 3.16. The molecule has 1 amide bonds. The van der Waals surface area contributed by atoms with Crippen LogP contribution in [0.1, 0.15) is 37.7 Å². The summed E-state index contributed by atoms with van der Waals surface area (Å²) in [5.74, 6) is 0.598. The molecule has 0 aromatic carbocycles. The first kappa shape index (κ1) is 20.2. The first-order valence-corrected chi connectivity index (χ1v) is 7.18. The third-order valence-electron chi connectivity index (χ3n) is 3.95. The maximum Gasteiger partial charge on any atom is 0.220 e. The fourth-order valence-corrected chi connectivity index (χ4v) is 2.77. The summed E-state index contributed by atoms with van der Waals surface area (Å²) in [5.41, 5.74) is 6.93. The van der Waals surface area contributed by atoms with Crippen LogP contribution in [-0.2, 0) is 11.2 Å². The maximum absolute atomic E-state index is 12.0. The van der Waals surface area contributed by atoms with Crippen LogP contribution in [0.5, 0.6) is 0 Å². The first-order chi connectivity index (χ1) is 9.29. The van der Waals surface area contributed by atoms with Gasteiger partial charge in [-0.15, -0.1) is 24.8 Å².